The Labute approximate surface area is 144 Å². The van der Waals surface area contributed by atoms with E-state index in [1.54, 1.807) is 0 Å². The Morgan fingerprint density at radius 2 is 2.17 bits per heavy atom. The molecule has 2 rings (SSSR count). The average molecular weight is 328 g/mol. The van der Waals surface area contributed by atoms with Crippen molar-refractivity contribution < 1.29 is 9.53 Å². The van der Waals surface area contributed by atoms with Gasteiger partial charge in [0.1, 0.15) is 5.75 Å². The molecular formula is C20H28N2O2. The molecule has 24 heavy (non-hydrogen) atoms. The lowest BCUT2D eigenvalue weighted by Crippen LogP contribution is -2.27. The number of aromatic amines is 1. The van der Waals surface area contributed by atoms with Crippen LogP contribution in [0.4, 0.5) is 0 Å². The third-order valence-electron chi connectivity index (χ3n) is 4.25. The lowest BCUT2D eigenvalue weighted by Gasteiger charge is -2.20. The first-order chi connectivity index (χ1) is 11.6. The van der Waals surface area contributed by atoms with Gasteiger partial charge in [-0.05, 0) is 44.0 Å². The van der Waals surface area contributed by atoms with Gasteiger partial charge in [0.2, 0.25) is 0 Å². The Kier molecular flexibility index (Phi) is 6.62. The maximum atomic E-state index is 11.4. The number of carbonyl (C=O) groups excluding carboxylic acids is 1. The highest BCUT2D eigenvalue weighted by Gasteiger charge is 2.15. The van der Waals surface area contributed by atoms with Gasteiger partial charge in [-0.2, -0.15) is 0 Å². The zero-order valence-corrected chi connectivity index (χ0v) is 15.0. The number of rotatable bonds is 9. The van der Waals surface area contributed by atoms with Gasteiger partial charge in [-0.25, -0.2) is 0 Å². The number of aryl methyl sites for hydroxylation is 1. The highest BCUT2D eigenvalue weighted by atomic mass is 16.5. The van der Waals surface area contributed by atoms with E-state index < -0.39 is 0 Å². The molecule has 0 bridgehead atoms. The van der Waals surface area contributed by atoms with Crippen LogP contribution in [0, 0.1) is 6.92 Å². The number of ether oxygens (including phenoxy) is 1. The van der Waals surface area contributed by atoms with Crippen molar-refractivity contribution in [2.75, 3.05) is 19.6 Å². The standard InChI is InChI=1S/C20H28N2O2/c1-5-7-13-22(12-6-2)14-11-17-15(3)21-18-9-8-10-19(20(17)18)24-16(4)23/h6,8-10,21H,2,5,7,11-14H2,1,3-4H3. The van der Waals surface area contributed by atoms with E-state index in [-0.39, 0.29) is 5.97 Å². The first-order valence-corrected chi connectivity index (χ1v) is 8.68. The number of carbonyl (C=O) groups is 1. The summed E-state index contributed by atoms with van der Waals surface area (Å²) >= 11 is 0. The van der Waals surface area contributed by atoms with Crippen LogP contribution < -0.4 is 4.74 Å². The molecule has 0 saturated carbocycles. The van der Waals surface area contributed by atoms with Crippen molar-refractivity contribution in [3.05, 3.63) is 42.1 Å². The molecule has 0 aliphatic heterocycles. The summed E-state index contributed by atoms with van der Waals surface area (Å²) in [5, 5.41) is 1.03. The summed E-state index contributed by atoms with van der Waals surface area (Å²) in [6.45, 7) is 12.5. The Morgan fingerprint density at radius 1 is 1.38 bits per heavy atom. The Morgan fingerprint density at radius 3 is 2.83 bits per heavy atom. The van der Waals surface area contributed by atoms with Gasteiger partial charge in [-0.15, -0.1) is 6.58 Å². The maximum absolute atomic E-state index is 11.4. The van der Waals surface area contributed by atoms with E-state index in [0.29, 0.717) is 5.75 Å². The highest BCUT2D eigenvalue weighted by molar-refractivity contribution is 5.92. The molecule has 1 N–H and O–H groups in total. The molecule has 1 heterocycles. The second-order valence-corrected chi connectivity index (χ2v) is 6.19. The SMILES string of the molecule is C=CCN(CCCC)CCc1c(C)[nH]c2cccc(OC(C)=O)c12. The van der Waals surface area contributed by atoms with E-state index in [2.05, 4.69) is 30.3 Å². The van der Waals surface area contributed by atoms with E-state index in [9.17, 15) is 4.79 Å². The molecule has 1 aromatic carbocycles. The molecule has 0 amide bonds. The number of esters is 1. The number of benzene rings is 1. The van der Waals surface area contributed by atoms with Crippen LogP contribution in [-0.4, -0.2) is 35.5 Å². The Balaban J connectivity index is 2.25. The van der Waals surface area contributed by atoms with Crippen LogP contribution in [0.5, 0.6) is 5.75 Å². The van der Waals surface area contributed by atoms with Gasteiger partial charge in [0.25, 0.3) is 0 Å². The normalized spacial score (nSPS) is 11.2. The number of nitrogens with one attached hydrogen (secondary N) is 1. The fourth-order valence-electron chi connectivity index (χ4n) is 3.09. The first-order valence-electron chi connectivity index (χ1n) is 8.68. The molecule has 0 aliphatic carbocycles. The Hall–Kier alpha value is -2.07. The molecule has 0 atom stereocenters. The number of fused-ring (bicyclic) bond motifs is 1. The maximum Gasteiger partial charge on any atom is 0.308 e. The number of H-pyrrole nitrogens is 1. The minimum Gasteiger partial charge on any atom is -0.426 e. The minimum absolute atomic E-state index is 0.288. The predicted molar refractivity (Wildman–Crippen MR) is 99.6 cm³/mol. The van der Waals surface area contributed by atoms with Crippen LogP contribution in [0.3, 0.4) is 0 Å². The van der Waals surface area contributed by atoms with E-state index >= 15 is 0 Å². The smallest absolute Gasteiger partial charge is 0.308 e. The summed E-state index contributed by atoms with van der Waals surface area (Å²) in [5.41, 5.74) is 3.39. The summed E-state index contributed by atoms with van der Waals surface area (Å²) in [5.74, 6) is 0.353. The third-order valence-corrected chi connectivity index (χ3v) is 4.25. The van der Waals surface area contributed by atoms with Crippen LogP contribution in [0.1, 0.15) is 37.9 Å². The molecule has 0 fully saturated rings. The predicted octanol–water partition coefficient (Wildman–Crippen LogP) is 4.23. The van der Waals surface area contributed by atoms with E-state index in [1.165, 1.54) is 25.3 Å². The zero-order valence-electron chi connectivity index (χ0n) is 15.0. The number of unbranched alkanes of at least 4 members (excludes halogenated alkanes) is 1. The molecule has 0 spiro atoms. The van der Waals surface area contributed by atoms with E-state index in [1.807, 2.05) is 24.3 Å². The number of hydrogen-bond donors (Lipinski definition) is 1. The molecule has 4 nitrogen and oxygen atoms in total. The molecule has 0 aliphatic rings. The monoisotopic (exact) mass is 328 g/mol. The molecule has 2 aromatic rings. The fraction of sp³-hybridized carbons (Fsp3) is 0.450. The zero-order chi connectivity index (χ0) is 17.5. The fourth-order valence-corrected chi connectivity index (χ4v) is 3.09. The molecule has 0 radical (unpaired) electrons. The lowest BCUT2D eigenvalue weighted by molar-refractivity contribution is -0.131. The highest BCUT2D eigenvalue weighted by Crippen LogP contribution is 2.31. The number of aromatic nitrogens is 1. The number of hydrogen-bond acceptors (Lipinski definition) is 3. The van der Waals surface area contributed by atoms with Crippen molar-refractivity contribution in [1.82, 2.24) is 9.88 Å². The van der Waals surface area contributed by atoms with Crippen LogP contribution in [0.25, 0.3) is 10.9 Å². The van der Waals surface area contributed by atoms with Gasteiger partial charge < -0.3 is 9.72 Å². The van der Waals surface area contributed by atoms with Crippen molar-refractivity contribution in [3.8, 4) is 5.75 Å². The van der Waals surface area contributed by atoms with E-state index in [0.717, 1.165) is 42.7 Å². The topological polar surface area (TPSA) is 45.3 Å². The molecule has 130 valence electrons. The minimum atomic E-state index is -0.288. The summed E-state index contributed by atoms with van der Waals surface area (Å²) in [6.07, 6.45) is 5.26. The molecule has 1 aromatic heterocycles. The van der Waals surface area contributed by atoms with Gasteiger partial charge in [-0.1, -0.05) is 25.5 Å². The van der Waals surface area contributed by atoms with Crippen molar-refractivity contribution >= 4 is 16.9 Å². The van der Waals surface area contributed by atoms with Crippen molar-refractivity contribution in [2.45, 2.75) is 40.0 Å². The van der Waals surface area contributed by atoms with Gasteiger partial charge >= 0.3 is 5.97 Å². The van der Waals surface area contributed by atoms with E-state index in [4.69, 9.17) is 4.74 Å². The summed E-state index contributed by atoms with van der Waals surface area (Å²) < 4.78 is 5.41. The van der Waals surface area contributed by atoms with Crippen LogP contribution >= 0.6 is 0 Å². The second-order valence-electron chi connectivity index (χ2n) is 6.19. The van der Waals surface area contributed by atoms with Gasteiger partial charge in [0.05, 0.1) is 0 Å². The van der Waals surface area contributed by atoms with Crippen LogP contribution in [0.2, 0.25) is 0 Å². The van der Waals surface area contributed by atoms with Gasteiger partial charge in [0.15, 0.2) is 0 Å². The van der Waals surface area contributed by atoms with Crippen molar-refractivity contribution in [1.29, 1.82) is 0 Å². The Bertz CT molecular complexity index is 703. The second kappa shape index (κ2) is 8.69. The average Bonchev–Trinajstić information content (AvgIpc) is 2.86. The van der Waals surface area contributed by atoms with Gasteiger partial charge in [-0.3, -0.25) is 9.69 Å². The first kappa shape index (κ1) is 18.3. The quantitative estimate of drug-likeness (QED) is 0.425. The van der Waals surface area contributed by atoms with Crippen molar-refractivity contribution in [2.24, 2.45) is 0 Å². The lowest BCUT2D eigenvalue weighted by atomic mass is 10.1. The molecular weight excluding hydrogens is 300 g/mol. The van der Waals surface area contributed by atoms with Crippen LogP contribution in [0.15, 0.2) is 30.9 Å². The third kappa shape index (κ3) is 4.48. The summed E-state index contributed by atoms with van der Waals surface area (Å²) in [4.78, 5) is 17.2. The molecule has 0 saturated heterocycles. The number of nitrogens with zero attached hydrogens (tertiary/aromatic N) is 1. The molecule has 0 unspecified atom stereocenters. The van der Waals surface area contributed by atoms with Crippen LogP contribution in [-0.2, 0) is 11.2 Å². The largest absolute Gasteiger partial charge is 0.426 e. The molecule has 4 heteroatoms. The summed E-state index contributed by atoms with van der Waals surface area (Å²) in [6, 6.07) is 5.79. The van der Waals surface area contributed by atoms with Gasteiger partial charge in [0, 0.05) is 36.6 Å². The summed E-state index contributed by atoms with van der Waals surface area (Å²) in [7, 11) is 0. The van der Waals surface area contributed by atoms with Crippen molar-refractivity contribution in [3.63, 3.8) is 0 Å².